The van der Waals surface area contributed by atoms with Crippen LogP contribution in [0.5, 0.6) is 5.75 Å². The molecule has 2 nitrogen and oxygen atoms in total. The van der Waals surface area contributed by atoms with Crippen molar-refractivity contribution in [3.8, 4) is 5.75 Å². The predicted octanol–water partition coefficient (Wildman–Crippen LogP) is 4.92. The first-order valence-electron chi connectivity index (χ1n) is 7.08. The molecule has 0 aliphatic carbocycles. The van der Waals surface area contributed by atoms with Crippen LogP contribution in [0.4, 0.5) is 11.4 Å². The summed E-state index contributed by atoms with van der Waals surface area (Å²) in [6.07, 6.45) is -0.119. The third kappa shape index (κ3) is 2.05. The van der Waals surface area contributed by atoms with Crippen LogP contribution in [0.1, 0.15) is 11.8 Å². The van der Waals surface area contributed by atoms with Crippen LogP contribution in [0, 0.1) is 0 Å². The molecule has 0 saturated heterocycles. The Bertz CT molecular complexity index is 740. The molecule has 102 valence electrons. The Hall–Kier alpha value is -2.74. The van der Waals surface area contributed by atoms with Crippen LogP contribution in [0.2, 0.25) is 0 Å². The quantitative estimate of drug-likeness (QED) is 0.657. The summed E-state index contributed by atoms with van der Waals surface area (Å²) in [6.45, 7) is 0. The molecular formula is C19H15NO. The van der Waals surface area contributed by atoms with Gasteiger partial charge in [-0.05, 0) is 24.3 Å². The molecule has 3 aromatic rings. The van der Waals surface area contributed by atoms with E-state index in [1.54, 1.807) is 0 Å². The van der Waals surface area contributed by atoms with E-state index >= 15 is 0 Å². The molecule has 0 fully saturated rings. The minimum atomic E-state index is -0.119. The van der Waals surface area contributed by atoms with Gasteiger partial charge < -0.3 is 4.74 Å². The van der Waals surface area contributed by atoms with Gasteiger partial charge in [0, 0.05) is 11.3 Å². The largest absolute Gasteiger partial charge is 0.464 e. The van der Waals surface area contributed by atoms with E-state index in [-0.39, 0.29) is 6.23 Å². The van der Waals surface area contributed by atoms with E-state index in [2.05, 4.69) is 47.4 Å². The van der Waals surface area contributed by atoms with E-state index in [0.717, 1.165) is 22.7 Å². The first-order chi connectivity index (χ1) is 10.4. The molecule has 0 N–H and O–H groups in total. The van der Waals surface area contributed by atoms with Crippen LogP contribution in [0.15, 0.2) is 84.9 Å². The Labute approximate surface area is 124 Å². The Balaban J connectivity index is 1.85. The zero-order valence-electron chi connectivity index (χ0n) is 11.5. The summed E-state index contributed by atoms with van der Waals surface area (Å²) in [5.41, 5.74) is 3.39. The van der Waals surface area contributed by atoms with E-state index in [1.165, 1.54) is 0 Å². The van der Waals surface area contributed by atoms with Crippen LogP contribution in [0.25, 0.3) is 0 Å². The summed E-state index contributed by atoms with van der Waals surface area (Å²) >= 11 is 0. The van der Waals surface area contributed by atoms with Gasteiger partial charge >= 0.3 is 0 Å². The van der Waals surface area contributed by atoms with Crippen LogP contribution in [-0.4, -0.2) is 0 Å². The van der Waals surface area contributed by atoms with Crippen molar-refractivity contribution in [3.63, 3.8) is 0 Å². The van der Waals surface area contributed by atoms with Crippen LogP contribution < -0.4 is 9.64 Å². The number of hydrogen-bond acceptors (Lipinski definition) is 2. The lowest BCUT2D eigenvalue weighted by Crippen LogP contribution is -2.22. The fourth-order valence-corrected chi connectivity index (χ4v) is 2.75. The lowest BCUT2D eigenvalue weighted by molar-refractivity contribution is 0.240. The molecule has 0 aromatic heterocycles. The van der Waals surface area contributed by atoms with Crippen molar-refractivity contribution in [2.45, 2.75) is 6.23 Å². The van der Waals surface area contributed by atoms with Crippen LogP contribution >= 0.6 is 0 Å². The van der Waals surface area contributed by atoms with E-state index in [4.69, 9.17) is 4.74 Å². The van der Waals surface area contributed by atoms with Gasteiger partial charge in [0.05, 0.1) is 5.69 Å². The zero-order chi connectivity index (χ0) is 14.1. The highest BCUT2D eigenvalue weighted by Gasteiger charge is 2.32. The highest BCUT2D eigenvalue weighted by atomic mass is 16.5. The molecule has 1 aliphatic rings. The normalized spacial score (nSPS) is 16.4. The lowest BCUT2D eigenvalue weighted by atomic mass is 10.1. The van der Waals surface area contributed by atoms with Crippen LogP contribution in [-0.2, 0) is 0 Å². The molecule has 0 radical (unpaired) electrons. The van der Waals surface area contributed by atoms with Gasteiger partial charge in [0.1, 0.15) is 5.75 Å². The van der Waals surface area contributed by atoms with E-state index in [1.807, 2.05) is 42.5 Å². The molecule has 1 heterocycles. The molecule has 21 heavy (non-hydrogen) atoms. The van der Waals surface area contributed by atoms with Crippen LogP contribution in [0.3, 0.4) is 0 Å². The molecule has 0 saturated carbocycles. The molecule has 1 unspecified atom stereocenters. The van der Waals surface area contributed by atoms with E-state index in [9.17, 15) is 0 Å². The van der Waals surface area contributed by atoms with E-state index in [0.29, 0.717) is 0 Å². The molecule has 0 amide bonds. The number of benzene rings is 3. The van der Waals surface area contributed by atoms with Gasteiger partial charge in [-0.25, -0.2) is 0 Å². The van der Waals surface area contributed by atoms with E-state index < -0.39 is 0 Å². The molecule has 2 heteroatoms. The molecule has 1 atom stereocenters. The SMILES string of the molecule is c1ccc(C2Oc3ccccc3N2c2ccccc2)cc1. The summed E-state index contributed by atoms with van der Waals surface area (Å²) in [4.78, 5) is 2.24. The topological polar surface area (TPSA) is 12.5 Å². The van der Waals surface area contributed by atoms with Crippen molar-refractivity contribution in [3.05, 3.63) is 90.5 Å². The maximum atomic E-state index is 6.19. The molecule has 3 aromatic carbocycles. The first kappa shape index (κ1) is 12.0. The Morgan fingerprint density at radius 2 is 1.29 bits per heavy atom. The first-order valence-corrected chi connectivity index (χ1v) is 7.08. The van der Waals surface area contributed by atoms with Gasteiger partial charge in [-0.15, -0.1) is 0 Å². The van der Waals surface area contributed by atoms with Crippen molar-refractivity contribution in [2.75, 3.05) is 4.90 Å². The standard InChI is InChI=1S/C19H15NO/c1-3-9-15(10-4-1)19-20(16-11-5-2-6-12-16)17-13-7-8-14-18(17)21-19/h1-14,19H. The average molecular weight is 273 g/mol. The summed E-state index contributed by atoms with van der Waals surface area (Å²) in [7, 11) is 0. The highest BCUT2D eigenvalue weighted by Crippen LogP contribution is 2.47. The van der Waals surface area contributed by atoms with Gasteiger partial charge in [-0.2, -0.15) is 0 Å². The number of rotatable bonds is 2. The molecular weight excluding hydrogens is 258 g/mol. The van der Waals surface area contributed by atoms with Crippen molar-refractivity contribution in [1.82, 2.24) is 0 Å². The van der Waals surface area contributed by atoms with Gasteiger partial charge in [-0.1, -0.05) is 60.7 Å². The lowest BCUT2D eigenvalue weighted by Gasteiger charge is -2.25. The van der Waals surface area contributed by atoms with Gasteiger partial charge in [0.15, 0.2) is 0 Å². The minimum Gasteiger partial charge on any atom is -0.464 e. The van der Waals surface area contributed by atoms with Crippen molar-refractivity contribution < 1.29 is 4.74 Å². The molecule has 0 spiro atoms. The Morgan fingerprint density at radius 3 is 2.05 bits per heavy atom. The number of para-hydroxylation sites is 3. The Morgan fingerprint density at radius 1 is 0.667 bits per heavy atom. The van der Waals surface area contributed by atoms with Gasteiger partial charge in [0.2, 0.25) is 6.23 Å². The van der Waals surface area contributed by atoms with Crippen molar-refractivity contribution in [1.29, 1.82) is 0 Å². The average Bonchev–Trinajstić information content (AvgIpc) is 2.96. The summed E-state index contributed by atoms with van der Waals surface area (Å²) in [6, 6.07) is 28.9. The molecule has 1 aliphatic heterocycles. The number of ether oxygens (including phenoxy) is 1. The second-order valence-electron chi connectivity index (χ2n) is 5.05. The predicted molar refractivity (Wildman–Crippen MR) is 84.8 cm³/mol. The van der Waals surface area contributed by atoms with Crippen molar-refractivity contribution in [2.24, 2.45) is 0 Å². The number of hydrogen-bond donors (Lipinski definition) is 0. The number of anilines is 2. The molecule has 4 rings (SSSR count). The fraction of sp³-hybridized carbons (Fsp3) is 0.0526. The monoisotopic (exact) mass is 273 g/mol. The third-order valence-electron chi connectivity index (χ3n) is 3.72. The Kier molecular flexibility index (Phi) is 2.86. The fourth-order valence-electron chi connectivity index (χ4n) is 2.75. The maximum Gasteiger partial charge on any atom is 0.203 e. The van der Waals surface area contributed by atoms with Gasteiger partial charge in [-0.3, -0.25) is 4.90 Å². The third-order valence-corrected chi connectivity index (χ3v) is 3.72. The highest BCUT2D eigenvalue weighted by molar-refractivity contribution is 5.73. The summed E-state index contributed by atoms with van der Waals surface area (Å²) in [5, 5.41) is 0. The number of fused-ring (bicyclic) bond motifs is 1. The second kappa shape index (κ2) is 4.98. The summed E-state index contributed by atoms with van der Waals surface area (Å²) < 4.78 is 6.19. The molecule has 0 bridgehead atoms. The zero-order valence-corrected chi connectivity index (χ0v) is 11.5. The smallest absolute Gasteiger partial charge is 0.203 e. The van der Waals surface area contributed by atoms with Crippen molar-refractivity contribution >= 4 is 11.4 Å². The second-order valence-corrected chi connectivity index (χ2v) is 5.05. The maximum absolute atomic E-state index is 6.19. The summed E-state index contributed by atoms with van der Waals surface area (Å²) in [5.74, 6) is 0.926. The van der Waals surface area contributed by atoms with Gasteiger partial charge in [0.25, 0.3) is 0 Å². The number of nitrogens with zero attached hydrogens (tertiary/aromatic N) is 1. The minimum absolute atomic E-state index is 0.119.